The summed E-state index contributed by atoms with van der Waals surface area (Å²) in [6, 6.07) is 10.6. The predicted molar refractivity (Wildman–Crippen MR) is 126 cm³/mol. The Kier molecular flexibility index (Phi) is 6.97. The van der Waals surface area contributed by atoms with Crippen LogP contribution >= 0.6 is 0 Å². The van der Waals surface area contributed by atoms with Gasteiger partial charge in [0.1, 0.15) is 11.5 Å². The van der Waals surface area contributed by atoms with Crippen LogP contribution < -0.4 is 25.4 Å². The van der Waals surface area contributed by atoms with Crippen molar-refractivity contribution < 1.29 is 19.1 Å². The molecule has 33 heavy (non-hydrogen) atoms. The highest BCUT2D eigenvalue weighted by molar-refractivity contribution is 5.97. The smallest absolute Gasteiger partial charge is 0.319 e. The Labute approximate surface area is 192 Å². The molecule has 1 aromatic heterocycles. The molecule has 9 nitrogen and oxygen atoms in total. The van der Waals surface area contributed by atoms with Gasteiger partial charge in [0.15, 0.2) is 0 Å². The van der Waals surface area contributed by atoms with E-state index in [1.165, 1.54) is 20.0 Å². The highest BCUT2D eigenvalue weighted by Gasteiger charge is 2.18. The van der Waals surface area contributed by atoms with Gasteiger partial charge in [0.2, 0.25) is 0 Å². The highest BCUT2D eigenvalue weighted by atomic mass is 16.5. The third-order valence-electron chi connectivity index (χ3n) is 5.87. The fourth-order valence-corrected chi connectivity index (χ4v) is 4.08. The number of benzene rings is 2. The van der Waals surface area contributed by atoms with Gasteiger partial charge in [-0.15, -0.1) is 0 Å². The fourth-order valence-electron chi connectivity index (χ4n) is 4.08. The Morgan fingerprint density at radius 1 is 1.09 bits per heavy atom. The van der Waals surface area contributed by atoms with Crippen molar-refractivity contribution >= 4 is 28.7 Å². The maximum absolute atomic E-state index is 12.5. The molecule has 1 aliphatic carbocycles. The average Bonchev–Trinajstić information content (AvgIpc) is 3.49. The molecule has 3 amide bonds. The number of rotatable bonds is 8. The van der Waals surface area contributed by atoms with Crippen molar-refractivity contribution in [2.24, 2.45) is 0 Å². The fraction of sp³-hybridized carbons (Fsp3) is 0.375. The van der Waals surface area contributed by atoms with E-state index in [0.29, 0.717) is 35.8 Å². The van der Waals surface area contributed by atoms with Gasteiger partial charge in [-0.2, -0.15) is 0 Å². The van der Waals surface area contributed by atoms with Gasteiger partial charge in [0, 0.05) is 30.8 Å². The van der Waals surface area contributed by atoms with Gasteiger partial charge in [-0.1, -0.05) is 12.8 Å². The largest absolute Gasteiger partial charge is 0.497 e. The van der Waals surface area contributed by atoms with E-state index in [9.17, 15) is 9.59 Å². The zero-order chi connectivity index (χ0) is 23.2. The zero-order valence-electron chi connectivity index (χ0n) is 18.9. The summed E-state index contributed by atoms with van der Waals surface area (Å²) in [6.07, 6.45) is 6.17. The molecule has 1 aliphatic rings. The first-order chi connectivity index (χ1) is 16.1. The summed E-state index contributed by atoms with van der Waals surface area (Å²) in [5.74, 6) is 1.10. The molecule has 0 radical (unpaired) electrons. The van der Waals surface area contributed by atoms with Crippen LogP contribution in [0.2, 0.25) is 0 Å². The van der Waals surface area contributed by atoms with E-state index in [1.54, 1.807) is 31.6 Å². The van der Waals surface area contributed by atoms with Crippen molar-refractivity contribution in [2.75, 3.05) is 26.1 Å². The molecule has 0 unspecified atom stereocenters. The molecule has 3 N–H and O–H groups in total. The van der Waals surface area contributed by atoms with Crippen molar-refractivity contribution in [3.8, 4) is 11.5 Å². The second-order valence-corrected chi connectivity index (χ2v) is 8.04. The van der Waals surface area contributed by atoms with E-state index in [4.69, 9.17) is 9.47 Å². The minimum Gasteiger partial charge on any atom is -0.497 e. The second-order valence-electron chi connectivity index (χ2n) is 8.04. The standard InChI is InChI=1S/C24H29N5O4/c1-32-18-8-9-19(22(14-18)33-2)28-24(31)25-11-12-29-15-26-20-13-16(7-10-21(20)29)23(30)27-17-5-3-4-6-17/h7-10,13-15,17H,3-6,11-12H2,1-2H3,(H,27,30)(H2,25,28,31). The van der Waals surface area contributed by atoms with Gasteiger partial charge in [-0.25, -0.2) is 9.78 Å². The molecule has 0 atom stereocenters. The summed E-state index contributed by atoms with van der Waals surface area (Å²) in [5.41, 5.74) is 2.82. The van der Waals surface area contributed by atoms with E-state index in [0.717, 1.165) is 23.9 Å². The molecule has 174 valence electrons. The molecule has 9 heteroatoms. The lowest BCUT2D eigenvalue weighted by Crippen LogP contribution is -2.32. The van der Waals surface area contributed by atoms with Crippen LogP contribution in [0.5, 0.6) is 11.5 Å². The summed E-state index contributed by atoms with van der Waals surface area (Å²) < 4.78 is 12.4. The van der Waals surface area contributed by atoms with Gasteiger partial charge in [-0.05, 0) is 43.2 Å². The van der Waals surface area contributed by atoms with Crippen LogP contribution in [0.25, 0.3) is 11.0 Å². The molecule has 0 aliphatic heterocycles. The number of carbonyl (C=O) groups is 2. The third-order valence-corrected chi connectivity index (χ3v) is 5.87. The number of hydrogen-bond donors (Lipinski definition) is 3. The molecule has 1 heterocycles. The average molecular weight is 452 g/mol. The lowest BCUT2D eigenvalue weighted by atomic mass is 10.1. The lowest BCUT2D eigenvalue weighted by Gasteiger charge is -2.13. The van der Waals surface area contributed by atoms with Crippen molar-refractivity contribution in [3.05, 3.63) is 48.3 Å². The number of imidazole rings is 1. The summed E-state index contributed by atoms with van der Waals surface area (Å²) >= 11 is 0. The summed E-state index contributed by atoms with van der Waals surface area (Å²) in [5, 5.41) is 8.72. The monoisotopic (exact) mass is 451 g/mol. The number of anilines is 1. The van der Waals surface area contributed by atoms with Crippen LogP contribution in [0.4, 0.5) is 10.5 Å². The van der Waals surface area contributed by atoms with Crippen LogP contribution in [0.3, 0.4) is 0 Å². The number of methoxy groups -OCH3 is 2. The van der Waals surface area contributed by atoms with Crippen LogP contribution in [0, 0.1) is 0 Å². The number of nitrogens with zero attached hydrogens (tertiary/aromatic N) is 2. The number of urea groups is 1. The molecule has 2 aromatic carbocycles. The van der Waals surface area contributed by atoms with E-state index >= 15 is 0 Å². The second kappa shape index (κ2) is 10.2. The number of amides is 3. The molecular weight excluding hydrogens is 422 g/mol. The van der Waals surface area contributed by atoms with Gasteiger partial charge >= 0.3 is 6.03 Å². The van der Waals surface area contributed by atoms with E-state index in [-0.39, 0.29) is 18.0 Å². The maximum Gasteiger partial charge on any atom is 0.319 e. The van der Waals surface area contributed by atoms with E-state index in [1.807, 2.05) is 22.8 Å². The molecule has 0 spiro atoms. The Balaban J connectivity index is 1.32. The Morgan fingerprint density at radius 2 is 1.91 bits per heavy atom. The van der Waals surface area contributed by atoms with Crippen molar-refractivity contribution in [2.45, 2.75) is 38.3 Å². The number of ether oxygens (including phenoxy) is 2. The SMILES string of the molecule is COc1ccc(NC(=O)NCCn2cnc3cc(C(=O)NC4CCCC4)ccc32)c(OC)c1. The van der Waals surface area contributed by atoms with Gasteiger partial charge < -0.3 is 30.0 Å². The first-order valence-corrected chi connectivity index (χ1v) is 11.1. The first kappa shape index (κ1) is 22.4. The zero-order valence-corrected chi connectivity index (χ0v) is 18.9. The van der Waals surface area contributed by atoms with Gasteiger partial charge in [0.05, 0.1) is 37.3 Å². The summed E-state index contributed by atoms with van der Waals surface area (Å²) in [4.78, 5) is 29.2. The highest BCUT2D eigenvalue weighted by Crippen LogP contribution is 2.28. The van der Waals surface area contributed by atoms with Crippen molar-refractivity contribution in [1.29, 1.82) is 0 Å². The normalized spacial score (nSPS) is 13.6. The Hall–Kier alpha value is -3.75. The number of carbonyl (C=O) groups excluding carboxylic acids is 2. The van der Waals surface area contributed by atoms with Crippen LogP contribution in [0.1, 0.15) is 36.0 Å². The molecule has 1 saturated carbocycles. The minimum absolute atomic E-state index is 0.0503. The van der Waals surface area contributed by atoms with Crippen LogP contribution in [0.15, 0.2) is 42.7 Å². The molecular formula is C24H29N5O4. The topological polar surface area (TPSA) is 107 Å². The Bertz CT molecular complexity index is 1140. The quantitative estimate of drug-likeness (QED) is 0.486. The summed E-state index contributed by atoms with van der Waals surface area (Å²) in [7, 11) is 3.10. The molecule has 1 fully saturated rings. The summed E-state index contributed by atoms with van der Waals surface area (Å²) in [6.45, 7) is 0.941. The maximum atomic E-state index is 12.5. The lowest BCUT2D eigenvalue weighted by molar-refractivity contribution is 0.0938. The number of aromatic nitrogens is 2. The van der Waals surface area contributed by atoms with E-state index in [2.05, 4.69) is 20.9 Å². The number of fused-ring (bicyclic) bond motifs is 1. The molecule has 0 bridgehead atoms. The molecule has 4 rings (SSSR count). The third kappa shape index (κ3) is 5.36. The predicted octanol–water partition coefficient (Wildman–Crippen LogP) is 3.55. The molecule has 3 aromatic rings. The van der Waals surface area contributed by atoms with Crippen LogP contribution in [-0.2, 0) is 6.54 Å². The van der Waals surface area contributed by atoms with Crippen LogP contribution in [-0.4, -0.2) is 48.3 Å². The van der Waals surface area contributed by atoms with Crippen molar-refractivity contribution in [1.82, 2.24) is 20.2 Å². The van der Waals surface area contributed by atoms with Gasteiger partial charge in [-0.3, -0.25) is 4.79 Å². The molecule has 0 saturated heterocycles. The van der Waals surface area contributed by atoms with Gasteiger partial charge in [0.25, 0.3) is 5.91 Å². The number of nitrogens with one attached hydrogen (secondary N) is 3. The Morgan fingerprint density at radius 3 is 2.67 bits per heavy atom. The number of hydrogen-bond acceptors (Lipinski definition) is 5. The first-order valence-electron chi connectivity index (χ1n) is 11.1. The van der Waals surface area contributed by atoms with Crippen molar-refractivity contribution in [3.63, 3.8) is 0 Å². The minimum atomic E-state index is -0.339. The van der Waals surface area contributed by atoms with E-state index < -0.39 is 0 Å².